The number of anilines is 1. The van der Waals surface area contributed by atoms with Crippen LogP contribution in [0.3, 0.4) is 0 Å². The molecule has 0 aliphatic heterocycles. The van der Waals surface area contributed by atoms with Crippen LogP contribution in [0.1, 0.15) is 20.8 Å². The Kier molecular flexibility index (Phi) is 3.40. The van der Waals surface area contributed by atoms with E-state index in [1.165, 1.54) is 0 Å². The fraction of sp³-hybridized carbons (Fsp3) is 0.364. The fourth-order valence-corrected chi connectivity index (χ4v) is 1.14. The van der Waals surface area contributed by atoms with Crippen molar-refractivity contribution in [2.45, 2.75) is 26.4 Å². The summed E-state index contributed by atoms with van der Waals surface area (Å²) in [5.74, 6) is 0. The summed E-state index contributed by atoms with van der Waals surface area (Å²) >= 11 is 0. The van der Waals surface area contributed by atoms with Gasteiger partial charge in [-0.3, -0.25) is 5.32 Å². The van der Waals surface area contributed by atoms with Crippen LogP contribution in [-0.2, 0) is 4.74 Å². The Balaban J connectivity index is 2.59. The van der Waals surface area contributed by atoms with Crippen LogP contribution < -0.4 is 10.8 Å². The number of hydrogen-bond acceptors (Lipinski definition) is 2. The van der Waals surface area contributed by atoms with Crippen molar-refractivity contribution in [1.29, 1.82) is 0 Å². The largest absolute Gasteiger partial charge is 0.444 e. The van der Waals surface area contributed by atoms with Gasteiger partial charge in [-0.2, -0.15) is 0 Å². The molecule has 0 spiro atoms. The van der Waals surface area contributed by atoms with Gasteiger partial charge in [-0.25, -0.2) is 4.79 Å². The van der Waals surface area contributed by atoms with Crippen molar-refractivity contribution in [3.05, 3.63) is 24.3 Å². The van der Waals surface area contributed by atoms with Crippen molar-refractivity contribution in [2.24, 2.45) is 0 Å². The molecular formula is C11H16BNO2. The summed E-state index contributed by atoms with van der Waals surface area (Å²) < 4.78 is 5.13. The maximum atomic E-state index is 11.4. The lowest BCUT2D eigenvalue weighted by atomic mass is 9.96. The highest BCUT2D eigenvalue weighted by Gasteiger charge is 2.15. The number of rotatable bonds is 1. The van der Waals surface area contributed by atoms with Crippen LogP contribution in [0.15, 0.2) is 24.3 Å². The highest BCUT2D eigenvalue weighted by Crippen LogP contribution is 2.10. The molecule has 3 nitrogen and oxygen atoms in total. The third-order valence-electron chi connectivity index (χ3n) is 1.66. The van der Waals surface area contributed by atoms with E-state index >= 15 is 0 Å². The summed E-state index contributed by atoms with van der Waals surface area (Å²) in [6, 6.07) is 7.59. The summed E-state index contributed by atoms with van der Waals surface area (Å²) in [6.45, 7) is 5.51. The molecule has 1 aromatic carbocycles. The van der Waals surface area contributed by atoms with Gasteiger partial charge in [-0.15, -0.1) is 0 Å². The second-order valence-corrected chi connectivity index (χ2v) is 4.50. The molecule has 0 unspecified atom stereocenters. The zero-order valence-corrected chi connectivity index (χ0v) is 9.63. The number of carbonyl (C=O) groups excluding carboxylic acids is 1. The number of amides is 1. The zero-order chi connectivity index (χ0) is 11.5. The molecule has 0 aliphatic carbocycles. The minimum absolute atomic E-state index is 0.423. The number of hydrogen-bond donors (Lipinski definition) is 1. The molecule has 0 saturated carbocycles. The number of carbonyl (C=O) groups is 1. The van der Waals surface area contributed by atoms with Crippen molar-refractivity contribution >= 4 is 25.1 Å². The van der Waals surface area contributed by atoms with E-state index in [4.69, 9.17) is 4.74 Å². The Hall–Kier alpha value is -1.45. The first-order valence-electron chi connectivity index (χ1n) is 4.93. The second kappa shape index (κ2) is 4.38. The Labute approximate surface area is 91.2 Å². The van der Waals surface area contributed by atoms with Gasteiger partial charge in [0.05, 0.1) is 0 Å². The van der Waals surface area contributed by atoms with Crippen molar-refractivity contribution in [2.75, 3.05) is 5.32 Å². The standard InChI is InChI=1S/C11H16BNO2/c1-11(2,3)15-10(14)13-9-6-4-5-8(12)7-9/h4-7H,12H2,1-3H3,(H,13,14). The first-order valence-corrected chi connectivity index (χ1v) is 4.93. The summed E-state index contributed by atoms with van der Waals surface area (Å²) in [6.07, 6.45) is -0.423. The first-order chi connectivity index (χ1) is 6.87. The summed E-state index contributed by atoms with van der Waals surface area (Å²) in [5, 5.41) is 2.68. The summed E-state index contributed by atoms with van der Waals surface area (Å²) in [5.41, 5.74) is 1.39. The predicted octanol–water partition coefficient (Wildman–Crippen LogP) is 1.29. The lowest BCUT2D eigenvalue weighted by molar-refractivity contribution is 0.0636. The molecule has 0 aromatic heterocycles. The summed E-state index contributed by atoms with van der Waals surface area (Å²) in [4.78, 5) is 11.4. The molecule has 1 N–H and O–H groups in total. The van der Waals surface area contributed by atoms with Gasteiger partial charge in [-0.1, -0.05) is 17.6 Å². The van der Waals surface area contributed by atoms with Crippen LogP contribution in [0.4, 0.5) is 10.5 Å². The lowest BCUT2D eigenvalue weighted by Crippen LogP contribution is -2.27. The minimum Gasteiger partial charge on any atom is -0.444 e. The normalized spacial score (nSPS) is 10.9. The molecule has 0 aliphatic rings. The molecule has 0 bridgehead atoms. The molecule has 0 heterocycles. The van der Waals surface area contributed by atoms with Crippen LogP contribution in [0.25, 0.3) is 0 Å². The van der Waals surface area contributed by atoms with Crippen molar-refractivity contribution < 1.29 is 9.53 Å². The number of ether oxygens (including phenoxy) is 1. The maximum Gasteiger partial charge on any atom is 0.412 e. The van der Waals surface area contributed by atoms with Gasteiger partial charge in [0, 0.05) is 5.69 Å². The van der Waals surface area contributed by atoms with E-state index in [2.05, 4.69) is 5.32 Å². The average Bonchev–Trinajstić information content (AvgIpc) is 1.99. The highest BCUT2D eigenvalue weighted by atomic mass is 16.6. The van der Waals surface area contributed by atoms with Crippen LogP contribution >= 0.6 is 0 Å². The Morgan fingerprint density at radius 3 is 2.60 bits per heavy atom. The quantitative estimate of drug-likeness (QED) is 0.701. The van der Waals surface area contributed by atoms with Crippen LogP contribution in [0.5, 0.6) is 0 Å². The van der Waals surface area contributed by atoms with Crippen LogP contribution in [0.2, 0.25) is 0 Å². The molecule has 4 heteroatoms. The van der Waals surface area contributed by atoms with E-state index in [0.29, 0.717) is 0 Å². The lowest BCUT2D eigenvalue weighted by Gasteiger charge is -2.19. The van der Waals surface area contributed by atoms with Gasteiger partial charge in [-0.05, 0) is 32.9 Å². The van der Waals surface area contributed by atoms with Gasteiger partial charge < -0.3 is 4.74 Å². The molecule has 15 heavy (non-hydrogen) atoms. The van der Waals surface area contributed by atoms with Gasteiger partial charge >= 0.3 is 6.09 Å². The van der Waals surface area contributed by atoms with Crippen molar-refractivity contribution in [1.82, 2.24) is 0 Å². The van der Waals surface area contributed by atoms with Crippen molar-refractivity contribution in [3.63, 3.8) is 0 Å². The smallest absolute Gasteiger partial charge is 0.412 e. The monoisotopic (exact) mass is 205 g/mol. The molecule has 1 aromatic rings. The van der Waals surface area contributed by atoms with E-state index in [1.54, 1.807) is 0 Å². The molecule has 80 valence electrons. The zero-order valence-electron chi connectivity index (χ0n) is 9.63. The van der Waals surface area contributed by atoms with E-state index in [1.807, 2.05) is 52.9 Å². The third kappa shape index (κ3) is 4.54. The molecule has 1 rings (SSSR count). The van der Waals surface area contributed by atoms with Crippen molar-refractivity contribution in [3.8, 4) is 0 Å². The van der Waals surface area contributed by atoms with E-state index in [9.17, 15) is 4.79 Å². The molecule has 0 atom stereocenters. The topological polar surface area (TPSA) is 38.3 Å². The van der Waals surface area contributed by atoms with Crippen LogP contribution in [0, 0.1) is 0 Å². The molecular weight excluding hydrogens is 189 g/mol. The van der Waals surface area contributed by atoms with Crippen LogP contribution in [-0.4, -0.2) is 19.5 Å². The highest BCUT2D eigenvalue weighted by molar-refractivity contribution is 6.32. The average molecular weight is 205 g/mol. The molecule has 0 radical (unpaired) electrons. The van der Waals surface area contributed by atoms with E-state index in [0.717, 1.165) is 11.2 Å². The Morgan fingerprint density at radius 1 is 1.40 bits per heavy atom. The second-order valence-electron chi connectivity index (χ2n) is 4.50. The predicted molar refractivity (Wildman–Crippen MR) is 64.5 cm³/mol. The van der Waals surface area contributed by atoms with E-state index in [-0.39, 0.29) is 0 Å². The van der Waals surface area contributed by atoms with Gasteiger partial charge in [0.25, 0.3) is 0 Å². The SMILES string of the molecule is Bc1cccc(NC(=O)OC(C)(C)C)c1. The van der Waals surface area contributed by atoms with Gasteiger partial charge in [0.1, 0.15) is 13.4 Å². The molecule has 0 fully saturated rings. The summed E-state index contributed by atoms with van der Waals surface area (Å²) in [7, 11) is 1.97. The number of benzene rings is 1. The number of nitrogens with one attached hydrogen (secondary N) is 1. The minimum atomic E-state index is -0.464. The van der Waals surface area contributed by atoms with Gasteiger partial charge in [0.15, 0.2) is 0 Å². The Morgan fingerprint density at radius 2 is 2.07 bits per heavy atom. The van der Waals surface area contributed by atoms with Gasteiger partial charge in [0.2, 0.25) is 0 Å². The third-order valence-corrected chi connectivity index (χ3v) is 1.66. The Bertz CT molecular complexity index is 358. The first kappa shape index (κ1) is 11.6. The molecule has 1 amide bonds. The maximum absolute atomic E-state index is 11.4. The van der Waals surface area contributed by atoms with E-state index < -0.39 is 11.7 Å². The molecule has 0 saturated heterocycles. The fourth-order valence-electron chi connectivity index (χ4n) is 1.14.